The molecule has 0 saturated carbocycles. The first kappa shape index (κ1) is 18.3. The van der Waals surface area contributed by atoms with E-state index in [2.05, 4.69) is 47.2 Å². The van der Waals surface area contributed by atoms with Gasteiger partial charge in [0.2, 0.25) is 5.91 Å². The van der Waals surface area contributed by atoms with Crippen LogP contribution in [0.5, 0.6) is 5.75 Å². The number of hydrogen-bond donors (Lipinski definition) is 1. The standard InChI is InChI=1S/C20H22BrNO2S/c1-20(2)11-17(16-5-3-4-6-18(16)24-20)22-19(23)13-25-12-14-7-9-15(21)10-8-14/h3-10,17H,11-13H2,1-2H3,(H,22,23)/t17-/m0/s1. The van der Waals surface area contributed by atoms with Gasteiger partial charge in [-0.3, -0.25) is 4.79 Å². The summed E-state index contributed by atoms with van der Waals surface area (Å²) in [6.07, 6.45) is 0.771. The molecule has 132 valence electrons. The maximum Gasteiger partial charge on any atom is 0.230 e. The first-order valence-corrected chi connectivity index (χ1v) is 10.3. The molecule has 0 spiro atoms. The van der Waals surface area contributed by atoms with Crippen LogP contribution < -0.4 is 10.1 Å². The second-order valence-corrected chi connectivity index (χ2v) is 8.74. The van der Waals surface area contributed by atoms with Crippen LogP contribution >= 0.6 is 27.7 Å². The molecule has 1 amide bonds. The lowest BCUT2D eigenvalue weighted by molar-refractivity contribution is -0.119. The third-order valence-electron chi connectivity index (χ3n) is 4.13. The van der Waals surface area contributed by atoms with E-state index in [4.69, 9.17) is 4.74 Å². The molecule has 1 aliphatic heterocycles. The predicted molar refractivity (Wildman–Crippen MR) is 107 cm³/mol. The molecule has 1 N–H and O–H groups in total. The molecule has 1 atom stereocenters. The van der Waals surface area contributed by atoms with E-state index in [1.165, 1.54) is 5.56 Å². The van der Waals surface area contributed by atoms with Crippen LogP contribution in [0.4, 0.5) is 0 Å². The third kappa shape index (κ3) is 5.02. The second kappa shape index (κ2) is 7.83. The van der Waals surface area contributed by atoms with Crippen LogP contribution in [0.25, 0.3) is 0 Å². The molecule has 0 fully saturated rings. The van der Waals surface area contributed by atoms with Gasteiger partial charge >= 0.3 is 0 Å². The molecule has 1 aliphatic rings. The van der Waals surface area contributed by atoms with E-state index in [0.29, 0.717) is 5.75 Å². The van der Waals surface area contributed by atoms with Crippen LogP contribution in [0.15, 0.2) is 53.0 Å². The van der Waals surface area contributed by atoms with E-state index in [1.807, 2.05) is 36.4 Å². The highest BCUT2D eigenvalue weighted by Gasteiger charge is 2.34. The summed E-state index contributed by atoms with van der Waals surface area (Å²) in [5, 5.41) is 3.18. The number of amides is 1. The van der Waals surface area contributed by atoms with Gasteiger partial charge in [-0.1, -0.05) is 46.3 Å². The number of carbonyl (C=O) groups is 1. The van der Waals surface area contributed by atoms with Crippen LogP contribution in [0, 0.1) is 0 Å². The van der Waals surface area contributed by atoms with Gasteiger partial charge in [0, 0.05) is 22.2 Å². The lowest BCUT2D eigenvalue weighted by Gasteiger charge is -2.37. The van der Waals surface area contributed by atoms with Crippen LogP contribution in [0.1, 0.15) is 37.4 Å². The number of benzene rings is 2. The van der Waals surface area contributed by atoms with Crippen molar-refractivity contribution < 1.29 is 9.53 Å². The molecular formula is C20H22BrNO2S. The van der Waals surface area contributed by atoms with Gasteiger partial charge in [0.25, 0.3) is 0 Å². The Morgan fingerprint density at radius 3 is 2.72 bits per heavy atom. The largest absolute Gasteiger partial charge is 0.487 e. The SMILES string of the molecule is CC1(C)C[C@H](NC(=O)CSCc2ccc(Br)cc2)c2ccccc2O1. The zero-order chi connectivity index (χ0) is 17.9. The van der Waals surface area contributed by atoms with Gasteiger partial charge in [0.05, 0.1) is 11.8 Å². The number of hydrogen-bond acceptors (Lipinski definition) is 3. The van der Waals surface area contributed by atoms with Gasteiger partial charge in [-0.25, -0.2) is 0 Å². The number of rotatable bonds is 5. The molecule has 1 heterocycles. The monoisotopic (exact) mass is 419 g/mol. The van der Waals surface area contributed by atoms with Crippen molar-refractivity contribution in [2.45, 2.75) is 37.7 Å². The lowest BCUT2D eigenvalue weighted by Crippen LogP contribution is -2.41. The summed E-state index contributed by atoms with van der Waals surface area (Å²) in [6, 6.07) is 16.2. The smallest absolute Gasteiger partial charge is 0.230 e. The quantitative estimate of drug-likeness (QED) is 0.732. The third-order valence-corrected chi connectivity index (χ3v) is 5.66. The average molecular weight is 420 g/mol. The highest BCUT2D eigenvalue weighted by Crippen LogP contribution is 2.39. The highest BCUT2D eigenvalue weighted by molar-refractivity contribution is 9.10. The molecule has 0 aliphatic carbocycles. The van der Waals surface area contributed by atoms with Crippen molar-refractivity contribution >= 4 is 33.6 Å². The maximum absolute atomic E-state index is 12.4. The Morgan fingerprint density at radius 2 is 1.96 bits per heavy atom. The minimum absolute atomic E-state index is 0.000677. The number of fused-ring (bicyclic) bond motifs is 1. The number of nitrogens with one attached hydrogen (secondary N) is 1. The molecule has 25 heavy (non-hydrogen) atoms. The normalized spacial score (nSPS) is 18.1. The minimum atomic E-state index is -0.281. The van der Waals surface area contributed by atoms with E-state index in [1.54, 1.807) is 11.8 Å². The van der Waals surface area contributed by atoms with Gasteiger partial charge in [-0.05, 0) is 37.6 Å². The Kier molecular flexibility index (Phi) is 5.74. The highest BCUT2D eigenvalue weighted by atomic mass is 79.9. The van der Waals surface area contributed by atoms with Gasteiger partial charge < -0.3 is 10.1 Å². The second-order valence-electron chi connectivity index (χ2n) is 6.84. The molecule has 0 unspecified atom stereocenters. The summed E-state index contributed by atoms with van der Waals surface area (Å²) in [7, 11) is 0. The summed E-state index contributed by atoms with van der Waals surface area (Å²) >= 11 is 5.06. The van der Waals surface area contributed by atoms with E-state index >= 15 is 0 Å². The molecule has 0 aromatic heterocycles. The molecular weight excluding hydrogens is 398 g/mol. The first-order chi connectivity index (χ1) is 11.9. The van der Waals surface area contributed by atoms with Gasteiger partial charge in [0.15, 0.2) is 0 Å². The van der Waals surface area contributed by atoms with E-state index in [-0.39, 0.29) is 17.6 Å². The number of halogens is 1. The van der Waals surface area contributed by atoms with E-state index in [9.17, 15) is 4.79 Å². The van der Waals surface area contributed by atoms with Crippen LogP contribution in [-0.4, -0.2) is 17.3 Å². The topological polar surface area (TPSA) is 38.3 Å². The van der Waals surface area contributed by atoms with E-state index in [0.717, 1.165) is 28.0 Å². The van der Waals surface area contributed by atoms with Crippen molar-refractivity contribution in [1.82, 2.24) is 5.32 Å². The Hall–Kier alpha value is -1.46. The fourth-order valence-electron chi connectivity index (χ4n) is 3.01. The van der Waals surface area contributed by atoms with Crippen molar-refractivity contribution in [3.63, 3.8) is 0 Å². The Labute approximate surface area is 161 Å². The molecule has 0 radical (unpaired) electrons. The zero-order valence-electron chi connectivity index (χ0n) is 14.4. The van der Waals surface area contributed by atoms with Crippen molar-refractivity contribution in [3.05, 3.63) is 64.1 Å². The van der Waals surface area contributed by atoms with Gasteiger partial charge in [0.1, 0.15) is 11.4 Å². The maximum atomic E-state index is 12.4. The molecule has 0 bridgehead atoms. The fraction of sp³-hybridized carbons (Fsp3) is 0.350. The molecule has 2 aromatic carbocycles. The van der Waals surface area contributed by atoms with Crippen molar-refractivity contribution in [1.29, 1.82) is 0 Å². The summed E-state index contributed by atoms with van der Waals surface area (Å²) in [6.45, 7) is 4.12. The number of carbonyl (C=O) groups excluding carboxylic acids is 1. The summed E-state index contributed by atoms with van der Waals surface area (Å²) in [4.78, 5) is 12.4. The zero-order valence-corrected chi connectivity index (χ0v) is 16.8. The fourth-order valence-corrected chi connectivity index (χ4v) is 4.07. The Morgan fingerprint density at radius 1 is 1.24 bits per heavy atom. The summed E-state index contributed by atoms with van der Waals surface area (Å²) < 4.78 is 7.09. The van der Waals surface area contributed by atoms with Gasteiger partial charge in [-0.15, -0.1) is 11.8 Å². The van der Waals surface area contributed by atoms with E-state index < -0.39 is 0 Å². The molecule has 3 nitrogen and oxygen atoms in total. The summed E-state index contributed by atoms with van der Waals surface area (Å²) in [5.41, 5.74) is 2.00. The van der Waals surface area contributed by atoms with Crippen LogP contribution in [-0.2, 0) is 10.5 Å². The molecule has 0 saturated heterocycles. The van der Waals surface area contributed by atoms with Gasteiger partial charge in [-0.2, -0.15) is 0 Å². The van der Waals surface area contributed by atoms with Crippen molar-refractivity contribution in [3.8, 4) is 5.75 Å². The Balaban J connectivity index is 1.56. The van der Waals surface area contributed by atoms with Crippen molar-refractivity contribution in [2.75, 3.05) is 5.75 Å². The van der Waals surface area contributed by atoms with Crippen LogP contribution in [0.3, 0.4) is 0 Å². The average Bonchev–Trinajstić information content (AvgIpc) is 2.55. The molecule has 2 aromatic rings. The lowest BCUT2D eigenvalue weighted by atomic mass is 9.90. The minimum Gasteiger partial charge on any atom is -0.487 e. The Bertz CT molecular complexity index is 746. The molecule has 5 heteroatoms. The predicted octanol–water partition coefficient (Wildman–Crippen LogP) is 5.10. The molecule has 3 rings (SSSR count). The van der Waals surface area contributed by atoms with Crippen LogP contribution in [0.2, 0.25) is 0 Å². The first-order valence-electron chi connectivity index (χ1n) is 8.32. The van der Waals surface area contributed by atoms with Crippen molar-refractivity contribution in [2.24, 2.45) is 0 Å². The number of para-hydroxylation sites is 1. The number of ether oxygens (including phenoxy) is 1. The number of thioether (sulfide) groups is 1. The summed E-state index contributed by atoms with van der Waals surface area (Å²) in [5.74, 6) is 2.22.